The maximum atomic E-state index is 17.8. The molecule has 1 saturated carbocycles. The molecule has 338 valence electrons. The molecule has 1 unspecified atom stereocenters. The zero-order valence-corrected chi connectivity index (χ0v) is 40.0. The van der Waals surface area contributed by atoms with E-state index in [4.69, 9.17) is 23.2 Å². The van der Waals surface area contributed by atoms with Gasteiger partial charge in [0.2, 0.25) is 11.6 Å². The van der Waals surface area contributed by atoms with Gasteiger partial charge in [0.15, 0.2) is 25.4 Å². The van der Waals surface area contributed by atoms with Gasteiger partial charge in [0, 0.05) is 35.2 Å². The number of aliphatic hydroxyl groups excluding tert-OH is 1. The summed E-state index contributed by atoms with van der Waals surface area (Å²) >= 11 is 0. The van der Waals surface area contributed by atoms with Crippen molar-refractivity contribution in [1.82, 2.24) is 15.0 Å². The first kappa shape index (κ1) is 46.7. The van der Waals surface area contributed by atoms with Crippen LogP contribution in [-0.4, -0.2) is 105 Å². The molecule has 0 spiro atoms. The lowest BCUT2D eigenvalue weighted by Crippen LogP contribution is -2.68. The summed E-state index contributed by atoms with van der Waals surface area (Å²) in [6, 6.07) is -1.08. The van der Waals surface area contributed by atoms with Crippen molar-refractivity contribution in [3.05, 3.63) is 39.4 Å². The smallest absolute Gasteiger partial charge is 0.414 e. The standard InChI is InChI=1S/C46H69FN4O9Si/c1-15-18-22-56-38-31-27(34(47)32-29(49(10)11)20-21-51(36(32)38)43(55)58-44(4,5)6)24-26-25-28-35(50(12)17-3)39-33(42(48-59-39)57-23-19-16-2)41(54)46(28,40(53)30(26)37(31)52)60-61(13,14)45(7,8)9/h26,28-29,35,52H,15-25H2,1-14H3/t26-,28-,29?,35-,46-/m0/s1. The topological polar surface area (TPSA) is 144 Å². The number of ketones is 2. The summed E-state index contributed by atoms with van der Waals surface area (Å²) in [5, 5.41) is 16.7. The normalized spacial score (nSPS) is 24.0. The quantitative estimate of drug-likeness (QED) is 0.116. The van der Waals surface area contributed by atoms with Gasteiger partial charge in [-0.2, -0.15) is 0 Å². The number of aromatic nitrogens is 1. The number of hydrogen-bond acceptors (Lipinski definition) is 12. The number of Topliss-reactive ketones (excluding diaryl/α,β-unsaturated/α-hetero) is 2. The first-order valence-electron chi connectivity index (χ1n) is 22.2. The van der Waals surface area contributed by atoms with Crippen LogP contribution in [0.15, 0.2) is 10.1 Å². The molecule has 0 radical (unpaired) electrons. The Balaban J connectivity index is 1.67. The highest BCUT2D eigenvalue weighted by Gasteiger charge is 2.69. The van der Waals surface area contributed by atoms with Gasteiger partial charge in [-0.1, -0.05) is 54.4 Å². The summed E-state index contributed by atoms with van der Waals surface area (Å²) in [6.45, 7) is 22.7. The third-order valence-electron chi connectivity index (χ3n) is 13.5. The van der Waals surface area contributed by atoms with Crippen LogP contribution in [0.2, 0.25) is 18.1 Å². The Morgan fingerprint density at radius 3 is 2.21 bits per heavy atom. The van der Waals surface area contributed by atoms with Gasteiger partial charge >= 0.3 is 6.09 Å². The lowest BCUT2D eigenvalue weighted by molar-refractivity contribution is -0.141. The number of benzene rings is 1. The lowest BCUT2D eigenvalue weighted by Gasteiger charge is -2.55. The van der Waals surface area contributed by atoms with Gasteiger partial charge in [-0.3, -0.25) is 19.4 Å². The van der Waals surface area contributed by atoms with Crippen LogP contribution in [0.3, 0.4) is 0 Å². The SMILES string of the molecule is CCCCOc1noc2c1C(=O)[C@@]1(O[Si](C)(C)C(C)(C)C)C(=O)C3=C(O)c4c(c(F)c5c(c4OCCCC)N(C(=O)OC(C)(C)C)CCC5N(C)C)C[C@H]3C[C@H]1[C@@H]2N(C)CC. The van der Waals surface area contributed by atoms with E-state index in [1.807, 2.05) is 85.6 Å². The van der Waals surface area contributed by atoms with E-state index in [0.717, 1.165) is 12.8 Å². The number of hydrogen-bond donors (Lipinski definition) is 1. The van der Waals surface area contributed by atoms with Crippen LogP contribution >= 0.6 is 0 Å². The Hall–Kier alpha value is -3.79. The van der Waals surface area contributed by atoms with Crippen molar-refractivity contribution in [1.29, 1.82) is 0 Å². The third-order valence-corrected chi connectivity index (χ3v) is 18.0. The molecule has 0 saturated heterocycles. The van der Waals surface area contributed by atoms with Crippen molar-refractivity contribution < 1.29 is 47.0 Å². The van der Waals surface area contributed by atoms with Crippen LogP contribution in [0, 0.1) is 17.7 Å². The Kier molecular flexibility index (Phi) is 13.1. The van der Waals surface area contributed by atoms with Gasteiger partial charge in [-0.25, -0.2) is 9.18 Å². The zero-order valence-electron chi connectivity index (χ0n) is 39.0. The average Bonchev–Trinajstić information content (AvgIpc) is 3.58. The summed E-state index contributed by atoms with van der Waals surface area (Å²) in [7, 11) is 2.66. The Morgan fingerprint density at radius 2 is 1.64 bits per heavy atom. The molecule has 0 bridgehead atoms. The van der Waals surface area contributed by atoms with Crippen LogP contribution in [-0.2, 0) is 20.4 Å². The highest BCUT2D eigenvalue weighted by molar-refractivity contribution is 6.74. The Labute approximate surface area is 362 Å². The van der Waals surface area contributed by atoms with E-state index in [-0.39, 0.29) is 71.1 Å². The van der Waals surface area contributed by atoms with E-state index in [1.165, 1.54) is 4.90 Å². The van der Waals surface area contributed by atoms with Gasteiger partial charge in [0.25, 0.3) is 5.88 Å². The maximum absolute atomic E-state index is 17.8. The second-order valence-electron chi connectivity index (χ2n) is 20.1. The summed E-state index contributed by atoms with van der Waals surface area (Å²) in [5.74, 6) is -3.38. The van der Waals surface area contributed by atoms with E-state index in [1.54, 1.807) is 20.8 Å². The highest BCUT2D eigenvalue weighted by Crippen LogP contribution is 2.61. The minimum absolute atomic E-state index is 0.00875. The molecule has 1 N–H and O–H groups in total. The molecule has 6 rings (SSSR count). The molecule has 4 aliphatic rings. The number of unbranched alkanes of at least 4 members (excludes halogenated alkanes) is 2. The molecule has 61 heavy (non-hydrogen) atoms. The molecule has 2 heterocycles. The van der Waals surface area contributed by atoms with E-state index in [2.05, 4.69) is 5.16 Å². The van der Waals surface area contributed by atoms with Crippen molar-refractivity contribution in [3.8, 4) is 11.6 Å². The van der Waals surface area contributed by atoms with Crippen LogP contribution in [0.25, 0.3) is 5.76 Å². The maximum Gasteiger partial charge on any atom is 0.414 e. The number of aliphatic hydroxyl groups is 1. The lowest BCUT2D eigenvalue weighted by atomic mass is 9.57. The summed E-state index contributed by atoms with van der Waals surface area (Å²) in [6.07, 6.45) is 2.96. The first-order valence-corrected chi connectivity index (χ1v) is 25.1. The van der Waals surface area contributed by atoms with E-state index in [0.29, 0.717) is 38.2 Å². The van der Waals surface area contributed by atoms with E-state index in [9.17, 15) is 9.90 Å². The van der Waals surface area contributed by atoms with Crippen molar-refractivity contribution in [2.24, 2.45) is 11.8 Å². The average molecular weight is 869 g/mol. The van der Waals surface area contributed by atoms with Crippen LogP contribution < -0.4 is 14.4 Å². The van der Waals surface area contributed by atoms with E-state index < -0.39 is 77.7 Å². The molecule has 15 heteroatoms. The van der Waals surface area contributed by atoms with Crippen LogP contribution in [0.1, 0.15) is 146 Å². The number of amides is 1. The Morgan fingerprint density at radius 1 is 1.00 bits per heavy atom. The summed E-state index contributed by atoms with van der Waals surface area (Å²) in [5.41, 5.74) is -2.23. The fourth-order valence-corrected chi connectivity index (χ4v) is 10.7. The second-order valence-corrected chi connectivity index (χ2v) is 24.8. The number of fused-ring (bicyclic) bond motifs is 5. The highest BCUT2D eigenvalue weighted by atomic mass is 28.4. The van der Waals surface area contributed by atoms with Crippen molar-refractivity contribution in [3.63, 3.8) is 0 Å². The molecule has 1 fully saturated rings. The third kappa shape index (κ3) is 7.94. The summed E-state index contributed by atoms with van der Waals surface area (Å²) in [4.78, 5) is 51.1. The molecular weight excluding hydrogens is 800 g/mol. The fourth-order valence-electron chi connectivity index (χ4n) is 9.29. The largest absolute Gasteiger partial charge is 0.507 e. The number of ether oxygens (including phenoxy) is 3. The monoisotopic (exact) mass is 868 g/mol. The number of carbonyl (C=O) groups excluding carboxylic acids is 3. The number of rotatable bonds is 13. The van der Waals surface area contributed by atoms with Crippen molar-refractivity contribution in [2.75, 3.05) is 52.3 Å². The van der Waals surface area contributed by atoms with Gasteiger partial charge in [-0.05, 0) is 110 Å². The number of carbonyl (C=O) groups is 3. The van der Waals surface area contributed by atoms with Crippen LogP contribution in [0.5, 0.6) is 11.6 Å². The van der Waals surface area contributed by atoms with Crippen LogP contribution in [0.4, 0.5) is 14.9 Å². The van der Waals surface area contributed by atoms with Crippen molar-refractivity contribution >= 4 is 37.4 Å². The van der Waals surface area contributed by atoms with Gasteiger partial charge in [0.1, 0.15) is 22.7 Å². The fraction of sp³-hybridized carbons (Fsp3) is 0.696. The molecule has 3 aliphatic carbocycles. The molecule has 1 aliphatic heterocycles. The Bertz CT molecular complexity index is 2070. The number of anilines is 1. The molecule has 1 amide bonds. The molecule has 1 aromatic heterocycles. The predicted molar refractivity (Wildman–Crippen MR) is 235 cm³/mol. The molecule has 13 nitrogen and oxygen atoms in total. The van der Waals surface area contributed by atoms with Gasteiger partial charge < -0.3 is 33.2 Å². The summed E-state index contributed by atoms with van der Waals surface area (Å²) < 4.78 is 49.7. The second kappa shape index (κ2) is 17.1. The van der Waals surface area contributed by atoms with Crippen molar-refractivity contribution in [2.45, 2.75) is 149 Å². The van der Waals surface area contributed by atoms with Gasteiger partial charge in [0.05, 0.1) is 30.5 Å². The molecule has 2 aromatic rings. The molecule has 1 aromatic carbocycles. The van der Waals surface area contributed by atoms with E-state index >= 15 is 14.0 Å². The predicted octanol–water partition coefficient (Wildman–Crippen LogP) is 9.60. The first-order chi connectivity index (χ1) is 28.5. The number of nitrogens with zero attached hydrogens (tertiary/aromatic N) is 4. The van der Waals surface area contributed by atoms with Gasteiger partial charge in [-0.15, -0.1) is 0 Å². The molecular formula is C46H69FN4O9Si. The number of halogens is 1. The minimum Gasteiger partial charge on any atom is -0.507 e. The minimum atomic E-state index is -2.99. The molecule has 5 atom stereocenters. The zero-order chi connectivity index (χ0) is 45.1.